The first-order valence-corrected chi connectivity index (χ1v) is 10.3. The number of esters is 1. The highest BCUT2D eigenvalue weighted by atomic mass is 16.6. The van der Waals surface area contributed by atoms with Crippen molar-refractivity contribution in [1.82, 2.24) is 24.8 Å². The number of nitrogens with one attached hydrogen (secondary N) is 2. The van der Waals surface area contributed by atoms with Gasteiger partial charge in [-0.25, -0.2) is 19.1 Å². The van der Waals surface area contributed by atoms with Crippen LogP contribution < -0.4 is 16.6 Å². The molecule has 0 aliphatic heterocycles. The predicted molar refractivity (Wildman–Crippen MR) is 119 cm³/mol. The van der Waals surface area contributed by atoms with Crippen LogP contribution in [0.2, 0.25) is 0 Å². The molecule has 5 N–H and O–H groups in total. The first-order valence-electron chi connectivity index (χ1n) is 10.3. The number of ether oxygens (including phenoxy) is 3. The molecular formula is C21H27N6O6+. The molecule has 1 aromatic carbocycles. The van der Waals surface area contributed by atoms with Gasteiger partial charge < -0.3 is 25.3 Å². The Bertz CT molecular complexity index is 1140. The molecule has 176 valence electrons. The molecule has 2 aromatic heterocycles. The molecule has 2 heterocycles. The number of alkyl carbamates (subject to hydrolysis) is 1. The zero-order valence-electron chi connectivity index (χ0n) is 18.4. The van der Waals surface area contributed by atoms with E-state index in [0.717, 1.165) is 5.56 Å². The second-order valence-corrected chi connectivity index (χ2v) is 7.52. The Hall–Kier alpha value is -3.93. The van der Waals surface area contributed by atoms with Crippen LogP contribution in [-0.2, 0) is 27.6 Å². The average Bonchev–Trinajstić information content (AvgIpc) is 3.19. The molecule has 1 atom stereocenters. The van der Waals surface area contributed by atoms with Crippen LogP contribution in [0.15, 0.2) is 41.5 Å². The fourth-order valence-electron chi connectivity index (χ4n) is 2.94. The maximum atomic E-state index is 12.4. The van der Waals surface area contributed by atoms with Gasteiger partial charge in [-0.15, -0.1) is 0 Å². The van der Waals surface area contributed by atoms with Gasteiger partial charge in [0.2, 0.25) is 12.7 Å². The second-order valence-electron chi connectivity index (χ2n) is 7.52. The minimum absolute atomic E-state index is 0.0160. The predicted octanol–water partition coefficient (Wildman–Crippen LogP) is 0.681. The van der Waals surface area contributed by atoms with E-state index in [-0.39, 0.29) is 43.9 Å². The number of nitrogens with two attached hydrogens (primary N) is 1. The van der Waals surface area contributed by atoms with Crippen molar-refractivity contribution >= 4 is 29.2 Å². The number of carbonyl (C=O) groups excluding carboxylic acids is 2. The number of aromatic amines is 1. The second kappa shape index (κ2) is 11.1. The number of hydrogen-bond donors (Lipinski definition) is 3. The highest BCUT2D eigenvalue weighted by molar-refractivity contribution is 5.81. The minimum Gasteiger partial charge on any atom is -0.456 e. The van der Waals surface area contributed by atoms with E-state index >= 15 is 0 Å². The normalized spacial score (nSPS) is 12.0. The number of nitrogen functional groups attached to an aromatic ring is 1. The summed E-state index contributed by atoms with van der Waals surface area (Å²) in [6.45, 7) is 4.05. The first kappa shape index (κ1) is 23.7. The van der Waals surface area contributed by atoms with Crippen LogP contribution in [0.5, 0.6) is 0 Å². The van der Waals surface area contributed by atoms with Gasteiger partial charge in [0.25, 0.3) is 5.56 Å². The zero-order chi connectivity index (χ0) is 23.8. The van der Waals surface area contributed by atoms with Crippen LogP contribution in [0.4, 0.5) is 10.7 Å². The van der Waals surface area contributed by atoms with Crippen molar-refractivity contribution in [2.75, 3.05) is 18.9 Å². The highest BCUT2D eigenvalue weighted by Crippen LogP contribution is 2.07. The third kappa shape index (κ3) is 6.53. The average molecular weight is 459 g/mol. The van der Waals surface area contributed by atoms with E-state index in [9.17, 15) is 14.4 Å². The lowest BCUT2D eigenvalue weighted by Gasteiger charge is -2.20. The van der Waals surface area contributed by atoms with Crippen LogP contribution in [0.25, 0.3) is 11.2 Å². The zero-order valence-corrected chi connectivity index (χ0v) is 18.4. The fourth-order valence-corrected chi connectivity index (χ4v) is 2.94. The summed E-state index contributed by atoms with van der Waals surface area (Å²) >= 11 is 0. The Morgan fingerprint density at radius 3 is 2.73 bits per heavy atom. The van der Waals surface area contributed by atoms with E-state index in [4.69, 9.17) is 15.2 Å². The number of imidazole rings is 1. The lowest BCUT2D eigenvalue weighted by atomic mass is 10.1. The molecule has 1 amide bonds. The smallest absolute Gasteiger partial charge is 0.408 e. The van der Waals surface area contributed by atoms with Gasteiger partial charge in [0.05, 0.1) is 0 Å². The Kier molecular flexibility index (Phi) is 7.97. The van der Waals surface area contributed by atoms with Crippen LogP contribution in [0, 0.1) is 5.92 Å². The van der Waals surface area contributed by atoms with E-state index in [2.05, 4.69) is 25.0 Å². The van der Waals surface area contributed by atoms with Crippen molar-refractivity contribution < 1.29 is 23.8 Å². The molecule has 0 fully saturated rings. The molecule has 0 bridgehead atoms. The Morgan fingerprint density at radius 2 is 2.00 bits per heavy atom. The van der Waals surface area contributed by atoms with E-state index < -0.39 is 23.7 Å². The van der Waals surface area contributed by atoms with Crippen molar-refractivity contribution in [3.63, 3.8) is 0 Å². The summed E-state index contributed by atoms with van der Waals surface area (Å²) in [6, 6.07) is 8.37. The number of anilines is 1. The van der Waals surface area contributed by atoms with E-state index in [0.29, 0.717) is 5.65 Å². The molecule has 0 radical (unpaired) electrons. The SMILES string of the molecule is CC(C)[C@@H](NC(=O)OCc1ccccc1)C(=O)OCC[OH+]Cn1cnc2c(=O)[nH]c(N)nc21. The number of fused-ring (bicyclic) bond motifs is 1. The fraction of sp³-hybridized carbons (Fsp3) is 0.381. The summed E-state index contributed by atoms with van der Waals surface area (Å²) < 4.78 is 16.3. The molecular weight excluding hydrogens is 432 g/mol. The summed E-state index contributed by atoms with van der Waals surface area (Å²) in [6.07, 6.45) is 0.731. The maximum Gasteiger partial charge on any atom is 0.408 e. The van der Waals surface area contributed by atoms with Gasteiger partial charge in [-0.1, -0.05) is 44.2 Å². The molecule has 12 nitrogen and oxygen atoms in total. The van der Waals surface area contributed by atoms with Crippen LogP contribution >= 0.6 is 0 Å². The monoisotopic (exact) mass is 459 g/mol. The van der Waals surface area contributed by atoms with Gasteiger partial charge in [-0.2, -0.15) is 4.98 Å². The minimum atomic E-state index is -0.857. The molecule has 0 unspecified atom stereocenters. The molecule has 0 spiro atoms. The molecule has 3 rings (SSSR count). The third-order valence-corrected chi connectivity index (χ3v) is 4.65. The number of aliphatic hydroxyl groups is 2. The number of aromatic nitrogens is 4. The van der Waals surface area contributed by atoms with Gasteiger partial charge in [0.15, 0.2) is 24.4 Å². The summed E-state index contributed by atoms with van der Waals surface area (Å²) in [4.78, 5) is 46.7. The van der Waals surface area contributed by atoms with Gasteiger partial charge in [-0.05, 0) is 11.5 Å². The van der Waals surface area contributed by atoms with Crippen molar-refractivity contribution in [2.45, 2.75) is 33.2 Å². The largest absolute Gasteiger partial charge is 0.456 e. The van der Waals surface area contributed by atoms with Gasteiger partial charge in [0.1, 0.15) is 19.0 Å². The number of rotatable bonds is 10. The lowest BCUT2D eigenvalue weighted by molar-refractivity contribution is -0.156. The molecule has 3 aromatic rings. The Balaban J connectivity index is 1.42. The Morgan fingerprint density at radius 1 is 1.24 bits per heavy atom. The number of hydrogen-bond acceptors (Lipinski definition) is 8. The third-order valence-electron chi connectivity index (χ3n) is 4.65. The summed E-state index contributed by atoms with van der Waals surface area (Å²) in [7, 11) is 0. The topological polar surface area (TPSA) is 167 Å². The van der Waals surface area contributed by atoms with Crippen LogP contribution in [0.3, 0.4) is 0 Å². The number of nitrogens with zero attached hydrogens (tertiary/aromatic N) is 3. The molecule has 0 aliphatic rings. The maximum absolute atomic E-state index is 12.4. The van der Waals surface area contributed by atoms with Gasteiger partial charge >= 0.3 is 12.1 Å². The number of H-pyrrole nitrogens is 1. The molecule has 0 saturated heterocycles. The molecule has 33 heavy (non-hydrogen) atoms. The summed E-state index contributed by atoms with van der Waals surface area (Å²) in [5.74, 6) is -0.797. The molecule has 12 heteroatoms. The highest BCUT2D eigenvalue weighted by Gasteiger charge is 2.26. The number of amides is 1. The number of benzene rings is 1. The Labute approximate surface area is 189 Å². The summed E-state index contributed by atoms with van der Waals surface area (Å²) in [5, 5.41) is 2.55. The van der Waals surface area contributed by atoms with Gasteiger partial charge in [-0.3, -0.25) is 9.78 Å². The van der Waals surface area contributed by atoms with Crippen LogP contribution in [0.1, 0.15) is 19.4 Å². The van der Waals surface area contributed by atoms with E-state index in [1.807, 2.05) is 30.3 Å². The standard InChI is InChI=1S/C21H26N6O6/c1-13(2)15(24-21(30)33-10-14-6-4-3-5-7-14)19(29)32-9-8-31-12-27-11-23-16-17(27)25-20(22)26-18(16)28/h3-7,11,13,15H,8-10,12H2,1-2H3,(H,24,30)(H3,22,25,26,28)/p+1/t15-/m1/s1. The first-order chi connectivity index (χ1) is 15.8. The number of carbonyl (C=O) groups is 2. The molecule has 0 aliphatic carbocycles. The lowest BCUT2D eigenvalue weighted by Crippen LogP contribution is -2.45. The van der Waals surface area contributed by atoms with Crippen LogP contribution in [-0.4, -0.2) is 55.6 Å². The van der Waals surface area contributed by atoms with E-state index in [1.165, 1.54) is 6.33 Å². The van der Waals surface area contributed by atoms with Crippen molar-refractivity contribution in [3.8, 4) is 0 Å². The van der Waals surface area contributed by atoms with Gasteiger partial charge in [0, 0.05) is 0 Å². The summed E-state index contributed by atoms with van der Waals surface area (Å²) in [5.41, 5.74) is 6.45. The van der Waals surface area contributed by atoms with Crippen molar-refractivity contribution in [2.24, 2.45) is 5.92 Å². The molecule has 0 saturated carbocycles. The van der Waals surface area contributed by atoms with Crippen molar-refractivity contribution in [1.29, 1.82) is 0 Å². The van der Waals surface area contributed by atoms with Crippen molar-refractivity contribution in [3.05, 3.63) is 52.6 Å². The quantitative estimate of drug-likeness (QED) is 0.226. The van der Waals surface area contributed by atoms with E-state index in [1.54, 1.807) is 18.4 Å².